The van der Waals surface area contributed by atoms with Crippen molar-refractivity contribution in [3.8, 4) is 0 Å². The predicted octanol–water partition coefficient (Wildman–Crippen LogP) is 2.37. The van der Waals surface area contributed by atoms with Crippen molar-refractivity contribution in [2.45, 2.75) is 19.9 Å². The van der Waals surface area contributed by atoms with Crippen molar-refractivity contribution in [1.29, 1.82) is 0 Å². The number of anilines is 1. The summed E-state index contributed by atoms with van der Waals surface area (Å²) >= 11 is 0. The van der Waals surface area contributed by atoms with Gasteiger partial charge in [-0.15, -0.1) is 0 Å². The maximum atomic E-state index is 12.5. The fraction of sp³-hybridized carbons (Fsp3) is 0.368. The van der Waals surface area contributed by atoms with Crippen LogP contribution in [0.5, 0.6) is 0 Å². The first kappa shape index (κ1) is 17.2. The van der Waals surface area contributed by atoms with Crippen molar-refractivity contribution in [2.24, 2.45) is 0 Å². The zero-order valence-corrected chi connectivity index (χ0v) is 14.6. The molecule has 0 aliphatic carbocycles. The Labute approximate surface area is 147 Å². The molecule has 1 aliphatic heterocycles. The summed E-state index contributed by atoms with van der Waals surface area (Å²) in [5, 5.41) is 2.95. The van der Waals surface area contributed by atoms with Gasteiger partial charge in [-0.1, -0.05) is 17.7 Å². The second-order valence-corrected chi connectivity index (χ2v) is 6.34. The smallest absolute Gasteiger partial charge is 0.289 e. The number of carbonyl (C=O) groups is 2. The summed E-state index contributed by atoms with van der Waals surface area (Å²) in [7, 11) is 0. The second-order valence-electron chi connectivity index (χ2n) is 6.34. The highest BCUT2D eigenvalue weighted by Gasteiger charge is 2.28. The molecule has 1 saturated heterocycles. The van der Waals surface area contributed by atoms with Crippen LogP contribution in [-0.4, -0.2) is 53.8 Å². The average molecular weight is 341 g/mol. The molecule has 1 aromatic heterocycles. The molecule has 1 aromatic carbocycles. The number of amides is 2. The van der Waals surface area contributed by atoms with E-state index in [1.54, 1.807) is 17.0 Å². The highest BCUT2D eigenvalue weighted by atomic mass is 16.3. The van der Waals surface area contributed by atoms with Crippen LogP contribution < -0.4 is 5.32 Å². The molecular weight excluding hydrogens is 318 g/mol. The summed E-state index contributed by atoms with van der Waals surface area (Å²) in [6.45, 7) is 6.40. The third-order valence-corrected chi connectivity index (χ3v) is 4.58. The highest BCUT2D eigenvalue weighted by molar-refractivity contribution is 5.94. The van der Waals surface area contributed by atoms with Crippen LogP contribution in [0.4, 0.5) is 5.69 Å². The summed E-state index contributed by atoms with van der Waals surface area (Å²) in [5.74, 6) is 0.231. The summed E-state index contributed by atoms with van der Waals surface area (Å²) in [6.07, 6.45) is 1.50. The minimum absolute atomic E-state index is 0.0327. The molecule has 0 bridgehead atoms. The molecule has 25 heavy (non-hydrogen) atoms. The van der Waals surface area contributed by atoms with Crippen LogP contribution in [0.2, 0.25) is 0 Å². The highest BCUT2D eigenvalue weighted by Crippen LogP contribution is 2.14. The number of aryl methyl sites for hydroxylation is 1. The van der Waals surface area contributed by atoms with E-state index in [1.165, 1.54) is 6.26 Å². The SMILES string of the molecule is Cc1ccc(NC(=O)C(C)N2CCN(C(=O)c3ccco3)CC2)cc1. The van der Waals surface area contributed by atoms with Gasteiger partial charge in [-0.25, -0.2) is 0 Å². The van der Waals surface area contributed by atoms with Crippen LogP contribution in [-0.2, 0) is 4.79 Å². The first-order chi connectivity index (χ1) is 12.0. The van der Waals surface area contributed by atoms with Crippen molar-refractivity contribution >= 4 is 17.5 Å². The lowest BCUT2D eigenvalue weighted by atomic mass is 10.2. The topological polar surface area (TPSA) is 65.8 Å². The second kappa shape index (κ2) is 7.53. The lowest BCUT2D eigenvalue weighted by Gasteiger charge is -2.37. The Balaban J connectivity index is 1.52. The minimum Gasteiger partial charge on any atom is -0.459 e. The number of benzene rings is 1. The van der Waals surface area contributed by atoms with Gasteiger partial charge in [0.05, 0.1) is 12.3 Å². The number of hydrogen-bond donors (Lipinski definition) is 1. The summed E-state index contributed by atoms with van der Waals surface area (Å²) in [6, 6.07) is 10.9. The van der Waals surface area contributed by atoms with E-state index in [2.05, 4.69) is 10.2 Å². The molecule has 1 unspecified atom stereocenters. The quantitative estimate of drug-likeness (QED) is 0.927. The third kappa shape index (κ3) is 4.09. The van der Waals surface area contributed by atoms with Crippen LogP contribution in [0.25, 0.3) is 0 Å². The van der Waals surface area contributed by atoms with Crippen LogP contribution in [0.3, 0.4) is 0 Å². The van der Waals surface area contributed by atoms with Crippen molar-refractivity contribution in [3.05, 3.63) is 54.0 Å². The largest absolute Gasteiger partial charge is 0.459 e. The normalized spacial score (nSPS) is 16.5. The molecule has 6 nitrogen and oxygen atoms in total. The standard InChI is InChI=1S/C19H23N3O3/c1-14-5-7-16(8-6-14)20-18(23)15(2)21-9-11-22(12-10-21)19(24)17-4-3-13-25-17/h3-8,13,15H,9-12H2,1-2H3,(H,20,23). The van der Waals surface area contributed by atoms with Gasteiger partial charge >= 0.3 is 0 Å². The molecule has 2 aromatic rings. The van der Waals surface area contributed by atoms with Gasteiger partial charge in [0, 0.05) is 31.9 Å². The van der Waals surface area contributed by atoms with E-state index in [0.717, 1.165) is 11.3 Å². The van der Waals surface area contributed by atoms with Gasteiger partial charge < -0.3 is 14.6 Å². The zero-order chi connectivity index (χ0) is 17.8. The molecule has 0 radical (unpaired) electrons. The molecule has 0 spiro atoms. The van der Waals surface area contributed by atoms with Gasteiger partial charge in [0.1, 0.15) is 0 Å². The van der Waals surface area contributed by atoms with E-state index < -0.39 is 0 Å². The van der Waals surface area contributed by atoms with E-state index in [-0.39, 0.29) is 17.9 Å². The van der Waals surface area contributed by atoms with Crippen molar-refractivity contribution in [2.75, 3.05) is 31.5 Å². The number of rotatable bonds is 4. The third-order valence-electron chi connectivity index (χ3n) is 4.58. The molecule has 6 heteroatoms. The van der Waals surface area contributed by atoms with Crippen molar-refractivity contribution in [3.63, 3.8) is 0 Å². The van der Waals surface area contributed by atoms with Crippen molar-refractivity contribution < 1.29 is 14.0 Å². The van der Waals surface area contributed by atoms with Gasteiger partial charge in [0.15, 0.2) is 5.76 Å². The summed E-state index contributed by atoms with van der Waals surface area (Å²) in [4.78, 5) is 28.6. The van der Waals surface area contributed by atoms with E-state index in [1.807, 2.05) is 38.1 Å². The number of nitrogens with one attached hydrogen (secondary N) is 1. The first-order valence-corrected chi connectivity index (χ1v) is 8.49. The Kier molecular flexibility index (Phi) is 5.19. The van der Waals surface area contributed by atoms with Crippen LogP contribution in [0.1, 0.15) is 23.0 Å². The summed E-state index contributed by atoms with van der Waals surface area (Å²) in [5.41, 5.74) is 1.96. The fourth-order valence-corrected chi connectivity index (χ4v) is 2.92. The van der Waals surface area contributed by atoms with E-state index in [9.17, 15) is 9.59 Å². The van der Waals surface area contributed by atoms with E-state index >= 15 is 0 Å². The predicted molar refractivity (Wildman–Crippen MR) is 95.5 cm³/mol. The zero-order valence-electron chi connectivity index (χ0n) is 14.6. The lowest BCUT2D eigenvalue weighted by Crippen LogP contribution is -2.54. The molecule has 1 N–H and O–H groups in total. The average Bonchev–Trinajstić information content (AvgIpc) is 3.17. The van der Waals surface area contributed by atoms with Gasteiger partial charge in [0.25, 0.3) is 5.91 Å². The monoisotopic (exact) mass is 341 g/mol. The molecule has 2 heterocycles. The van der Waals surface area contributed by atoms with E-state index in [0.29, 0.717) is 31.9 Å². The molecule has 132 valence electrons. The molecule has 1 aliphatic rings. The van der Waals surface area contributed by atoms with Gasteiger partial charge in [-0.3, -0.25) is 14.5 Å². The van der Waals surface area contributed by atoms with E-state index in [4.69, 9.17) is 4.42 Å². The Morgan fingerprint density at radius 2 is 1.76 bits per heavy atom. The maximum absolute atomic E-state index is 12.5. The Morgan fingerprint density at radius 1 is 1.08 bits per heavy atom. The molecule has 0 saturated carbocycles. The van der Waals surface area contributed by atoms with Crippen molar-refractivity contribution in [1.82, 2.24) is 9.80 Å². The van der Waals surface area contributed by atoms with Gasteiger partial charge in [0.2, 0.25) is 5.91 Å². The van der Waals surface area contributed by atoms with Gasteiger partial charge in [-0.05, 0) is 38.1 Å². The maximum Gasteiger partial charge on any atom is 0.289 e. The molecular formula is C19H23N3O3. The lowest BCUT2D eigenvalue weighted by molar-refractivity contribution is -0.121. The van der Waals surface area contributed by atoms with Gasteiger partial charge in [-0.2, -0.15) is 0 Å². The van der Waals surface area contributed by atoms with Crippen LogP contribution >= 0.6 is 0 Å². The number of furan rings is 1. The number of carbonyl (C=O) groups excluding carboxylic acids is 2. The Hall–Kier alpha value is -2.60. The molecule has 2 amide bonds. The summed E-state index contributed by atoms with van der Waals surface area (Å²) < 4.78 is 5.17. The van der Waals surface area contributed by atoms with Crippen LogP contribution in [0.15, 0.2) is 47.1 Å². The Morgan fingerprint density at radius 3 is 2.36 bits per heavy atom. The number of hydrogen-bond acceptors (Lipinski definition) is 4. The first-order valence-electron chi connectivity index (χ1n) is 8.49. The van der Waals surface area contributed by atoms with Crippen LogP contribution in [0, 0.1) is 6.92 Å². The fourth-order valence-electron chi connectivity index (χ4n) is 2.92. The Bertz CT molecular complexity index is 717. The molecule has 3 rings (SSSR count). The minimum atomic E-state index is -0.248. The number of piperazine rings is 1. The molecule has 1 atom stereocenters. The number of nitrogens with zero attached hydrogens (tertiary/aromatic N) is 2. The molecule has 1 fully saturated rings.